The van der Waals surface area contributed by atoms with Gasteiger partial charge in [-0.05, 0) is 22.0 Å². The van der Waals surface area contributed by atoms with Crippen molar-refractivity contribution in [1.29, 1.82) is 0 Å². The van der Waals surface area contributed by atoms with Gasteiger partial charge in [-0.2, -0.15) is 0 Å². The Morgan fingerprint density at radius 2 is 1.87 bits per heavy atom. The monoisotopic (exact) mass is 391 g/mol. The lowest BCUT2D eigenvalue weighted by molar-refractivity contribution is -0.140. The molecule has 0 aliphatic carbocycles. The highest BCUT2D eigenvalue weighted by molar-refractivity contribution is 9.10. The molecule has 1 heterocycles. The minimum Gasteiger partial charge on any atom is -0.466 e. The van der Waals surface area contributed by atoms with Gasteiger partial charge < -0.3 is 19.1 Å². The Kier molecular flexibility index (Phi) is 5.32. The van der Waals surface area contributed by atoms with Crippen molar-refractivity contribution in [3.05, 3.63) is 39.5 Å². The van der Waals surface area contributed by atoms with Crippen LogP contribution in [0.15, 0.2) is 27.9 Å². The third kappa shape index (κ3) is 3.35. The maximum Gasteiger partial charge on any atom is 0.355 e. The van der Waals surface area contributed by atoms with E-state index in [4.69, 9.17) is 4.74 Å². The number of hydrogen-bond donors (Lipinski definition) is 0. The van der Waals surface area contributed by atoms with Gasteiger partial charge in [-0.25, -0.2) is 18.4 Å². The number of anilines is 1. The van der Waals surface area contributed by atoms with Crippen molar-refractivity contribution in [3.8, 4) is 0 Å². The fraction of sp³-hybridized carbons (Fsp3) is 0.286. The van der Waals surface area contributed by atoms with E-state index in [1.807, 2.05) is 0 Å². The molecule has 23 heavy (non-hydrogen) atoms. The molecule has 1 aliphatic rings. The van der Waals surface area contributed by atoms with Crippen LogP contribution in [0.1, 0.15) is 0 Å². The van der Waals surface area contributed by atoms with Crippen molar-refractivity contribution in [2.75, 3.05) is 32.5 Å². The third-order valence-corrected chi connectivity index (χ3v) is 3.69. The zero-order chi connectivity index (χ0) is 17.1. The Hall–Kier alpha value is -2.00. The van der Waals surface area contributed by atoms with Crippen molar-refractivity contribution in [2.45, 2.75) is 0 Å². The zero-order valence-corrected chi connectivity index (χ0v) is 13.8. The number of hydrogen-bond acceptors (Lipinski definition) is 6. The summed E-state index contributed by atoms with van der Waals surface area (Å²) >= 11 is 2.89. The molecule has 0 spiro atoms. The normalized spacial score (nSPS) is 14.7. The van der Waals surface area contributed by atoms with Crippen molar-refractivity contribution in [3.63, 3.8) is 0 Å². The molecule has 0 fully saturated rings. The fourth-order valence-electron chi connectivity index (χ4n) is 2.05. The van der Waals surface area contributed by atoms with Gasteiger partial charge in [0.05, 0.1) is 30.9 Å². The van der Waals surface area contributed by atoms with Gasteiger partial charge >= 0.3 is 11.9 Å². The molecule has 124 valence electrons. The standard InChI is InChI=1S/C14H12BrF2NO5/c1-21-13(19)8-5-23-6-18(12(8)14(20)22-2)7-3-9(15)11(17)10(16)4-7/h3-4H,5-6H2,1-2H3. The zero-order valence-electron chi connectivity index (χ0n) is 12.2. The molecule has 0 N–H and O–H groups in total. The second-order valence-electron chi connectivity index (χ2n) is 4.44. The minimum atomic E-state index is -1.12. The van der Waals surface area contributed by atoms with Gasteiger partial charge in [0.1, 0.15) is 12.4 Å². The molecule has 2 rings (SSSR count). The Morgan fingerprint density at radius 3 is 2.43 bits per heavy atom. The van der Waals surface area contributed by atoms with Crippen LogP contribution < -0.4 is 4.90 Å². The van der Waals surface area contributed by atoms with E-state index in [-0.39, 0.29) is 34.8 Å². The van der Waals surface area contributed by atoms with E-state index in [1.54, 1.807) is 0 Å². The number of methoxy groups -OCH3 is 2. The van der Waals surface area contributed by atoms with Gasteiger partial charge in [0, 0.05) is 11.8 Å². The second-order valence-corrected chi connectivity index (χ2v) is 5.29. The van der Waals surface area contributed by atoms with Crippen molar-refractivity contribution in [1.82, 2.24) is 0 Å². The summed E-state index contributed by atoms with van der Waals surface area (Å²) in [7, 11) is 2.29. The van der Waals surface area contributed by atoms with Crippen LogP contribution in [0.25, 0.3) is 0 Å². The summed E-state index contributed by atoms with van der Waals surface area (Å²) in [5.41, 5.74) is -0.118. The van der Waals surface area contributed by atoms with E-state index < -0.39 is 23.6 Å². The van der Waals surface area contributed by atoms with E-state index in [1.165, 1.54) is 11.0 Å². The summed E-state index contributed by atoms with van der Waals surface area (Å²) < 4.78 is 41.4. The Bertz CT molecular complexity index is 669. The Balaban J connectivity index is 2.59. The molecule has 0 aromatic heterocycles. The Labute approximate surface area is 138 Å². The minimum absolute atomic E-state index is 0.0774. The first-order valence-corrected chi connectivity index (χ1v) is 7.09. The quantitative estimate of drug-likeness (QED) is 0.580. The van der Waals surface area contributed by atoms with Gasteiger partial charge in [-0.1, -0.05) is 0 Å². The number of carbonyl (C=O) groups is 2. The first-order chi connectivity index (χ1) is 10.9. The van der Waals surface area contributed by atoms with E-state index in [0.29, 0.717) is 0 Å². The summed E-state index contributed by atoms with van der Waals surface area (Å²) in [6.07, 6.45) is 0. The van der Waals surface area contributed by atoms with Crippen LogP contribution in [0.5, 0.6) is 0 Å². The van der Waals surface area contributed by atoms with E-state index in [0.717, 1.165) is 20.3 Å². The summed E-state index contributed by atoms with van der Waals surface area (Å²) in [5.74, 6) is -3.79. The van der Waals surface area contributed by atoms with Crippen molar-refractivity contribution >= 4 is 33.6 Å². The van der Waals surface area contributed by atoms with Gasteiger partial charge in [0.2, 0.25) is 0 Å². The second kappa shape index (κ2) is 7.05. The smallest absolute Gasteiger partial charge is 0.355 e. The highest BCUT2D eigenvalue weighted by Crippen LogP contribution is 2.31. The predicted molar refractivity (Wildman–Crippen MR) is 78.4 cm³/mol. The molecule has 0 saturated heterocycles. The average molecular weight is 392 g/mol. The number of benzene rings is 1. The molecule has 0 amide bonds. The molecule has 6 nitrogen and oxygen atoms in total. The fourth-order valence-corrected chi connectivity index (χ4v) is 2.47. The van der Waals surface area contributed by atoms with Crippen LogP contribution in [0.2, 0.25) is 0 Å². The first-order valence-electron chi connectivity index (χ1n) is 6.30. The Morgan fingerprint density at radius 1 is 1.22 bits per heavy atom. The number of esters is 2. The van der Waals surface area contributed by atoms with Crippen LogP contribution in [-0.2, 0) is 23.8 Å². The largest absolute Gasteiger partial charge is 0.466 e. The molecule has 0 saturated carbocycles. The molecule has 9 heteroatoms. The van der Waals surface area contributed by atoms with E-state index in [2.05, 4.69) is 25.4 Å². The van der Waals surface area contributed by atoms with E-state index in [9.17, 15) is 18.4 Å². The van der Waals surface area contributed by atoms with Crippen LogP contribution in [0, 0.1) is 11.6 Å². The summed E-state index contributed by atoms with van der Waals surface area (Å²) in [5, 5.41) is 0. The summed E-state index contributed by atoms with van der Waals surface area (Å²) in [6, 6.07) is 2.14. The molecular weight excluding hydrogens is 380 g/mol. The molecule has 0 radical (unpaired) electrons. The molecule has 1 aliphatic heterocycles. The summed E-state index contributed by atoms with van der Waals surface area (Å²) in [6.45, 7) is -0.319. The average Bonchev–Trinajstić information content (AvgIpc) is 2.57. The number of rotatable bonds is 3. The summed E-state index contributed by atoms with van der Waals surface area (Å²) in [4.78, 5) is 25.1. The van der Waals surface area contributed by atoms with Crippen molar-refractivity contribution < 1.29 is 32.6 Å². The number of ether oxygens (including phenoxy) is 3. The molecule has 0 atom stereocenters. The number of halogens is 3. The van der Waals surface area contributed by atoms with Gasteiger partial charge in [-0.15, -0.1) is 0 Å². The molecule has 0 unspecified atom stereocenters. The number of nitrogens with zero attached hydrogens (tertiary/aromatic N) is 1. The third-order valence-electron chi connectivity index (χ3n) is 3.11. The molecule has 1 aromatic carbocycles. The molecular formula is C14H12BrF2NO5. The van der Waals surface area contributed by atoms with Gasteiger partial charge in [-0.3, -0.25) is 0 Å². The van der Waals surface area contributed by atoms with Crippen LogP contribution in [0.3, 0.4) is 0 Å². The van der Waals surface area contributed by atoms with Gasteiger partial charge in [0.25, 0.3) is 0 Å². The molecule has 1 aromatic rings. The predicted octanol–water partition coefficient (Wildman–Crippen LogP) is 2.12. The highest BCUT2D eigenvalue weighted by atomic mass is 79.9. The first kappa shape index (κ1) is 17.4. The topological polar surface area (TPSA) is 65.1 Å². The maximum atomic E-state index is 13.6. The van der Waals surface area contributed by atoms with Crippen LogP contribution in [0.4, 0.5) is 14.5 Å². The van der Waals surface area contributed by atoms with E-state index >= 15 is 0 Å². The lowest BCUT2D eigenvalue weighted by atomic mass is 10.1. The maximum absolute atomic E-state index is 13.6. The van der Waals surface area contributed by atoms with Crippen molar-refractivity contribution in [2.24, 2.45) is 0 Å². The number of carbonyl (C=O) groups excluding carboxylic acids is 2. The highest BCUT2D eigenvalue weighted by Gasteiger charge is 2.33. The van der Waals surface area contributed by atoms with Crippen LogP contribution >= 0.6 is 15.9 Å². The SMILES string of the molecule is COC(=O)C1=C(C(=O)OC)N(c2cc(F)c(F)c(Br)c2)COC1. The van der Waals surface area contributed by atoms with Gasteiger partial charge in [0.15, 0.2) is 11.6 Å². The molecule has 0 bridgehead atoms. The van der Waals surface area contributed by atoms with Crippen LogP contribution in [-0.4, -0.2) is 39.5 Å². The lowest BCUT2D eigenvalue weighted by Gasteiger charge is -2.31. The lowest BCUT2D eigenvalue weighted by Crippen LogP contribution is -2.38.